The van der Waals surface area contributed by atoms with Gasteiger partial charge in [-0.2, -0.15) is 0 Å². The van der Waals surface area contributed by atoms with E-state index in [1.807, 2.05) is 19.2 Å². The molecule has 21 heavy (non-hydrogen) atoms. The number of nitrogens with two attached hydrogens (primary N) is 1. The van der Waals surface area contributed by atoms with Crippen molar-refractivity contribution in [2.24, 2.45) is 10.7 Å². The maximum atomic E-state index is 10.8. The topological polar surface area (TPSA) is 85.9 Å². The number of carbonyl (C=O) groups is 1. The van der Waals surface area contributed by atoms with Crippen molar-refractivity contribution in [3.8, 4) is 0 Å². The molecule has 3 N–H and O–H groups in total. The number of allylic oxidation sites excluding steroid dienone is 1. The number of methoxy groups -OCH3 is 1. The van der Waals surface area contributed by atoms with E-state index in [0.717, 1.165) is 17.1 Å². The molecule has 0 atom stereocenters. The van der Waals surface area contributed by atoms with Crippen molar-refractivity contribution < 1.29 is 14.3 Å². The lowest BCUT2D eigenvalue weighted by Gasteiger charge is -2.08. The van der Waals surface area contributed by atoms with E-state index >= 15 is 0 Å². The van der Waals surface area contributed by atoms with Crippen molar-refractivity contribution in [1.82, 2.24) is 5.32 Å². The fourth-order valence-corrected chi connectivity index (χ4v) is 2.06. The van der Waals surface area contributed by atoms with Crippen molar-refractivity contribution in [3.63, 3.8) is 0 Å². The molecule has 0 aromatic rings. The van der Waals surface area contributed by atoms with Gasteiger partial charge in [0.05, 0.1) is 37.5 Å². The number of thioether (sulfide) groups is 1. The number of ether oxygens (including phenoxy) is 2. The number of hydrogen-bond donors (Lipinski definition) is 2. The molecule has 0 aromatic heterocycles. The van der Waals surface area contributed by atoms with Crippen LogP contribution in [-0.4, -0.2) is 45.9 Å². The highest BCUT2D eigenvalue weighted by Gasteiger charge is 2.02. The third-order valence-corrected chi connectivity index (χ3v) is 3.39. The predicted molar refractivity (Wildman–Crippen MR) is 88.1 cm³/mol. The molecule has 120 valence electrons. The first kappa shape index (κ1) is 19.7. The first-order valence-electron chi connectivity index (χ1n) is 6.69. The van der Waals surface area contributed by atoms with Crippen LogP contribution in [0.4, 0.5) is 0 Å². The van der Waals surface area contributed by atoms with E-state index in [1.54, 1.807) is 0 Å². The average Bonchev–Trinajstić information content (AvgIpc) is 2.51. The normalized spacial score (nSPS) is 12.1. The Morgan fingerprint density at radius 1 is 1.43 bits per heavy atom. The molecule has 0 spiro atoms. The Bertz CT molecular complexity index is 370. The molecule has 0 aliphatic rings. The molecule has 0 saturated carbocycles. The minimum absolute atomic E-state index is 0.255. The maximum Gasteiger partial charge on any atom is 0.307 e. The van der Waals surface area contributed by atoms with Crippen LogP contribution in [0.25, 0.3) is 0 Å². The van der Waals surface area contributed by atoms with Crippen molar-refractivity contribution in [2.45, 2.75) is 19.3 Å². The van der Waals surface area contributed by atoms with Crippen LogP contribution in [0.1, 0.15) is 19.3 Å². The van der Waals surface area contributed by atoms with E-state index in [4.69, 9.17) is 10.5 Å². The molecule has 0 rings (SSSR count). The van der Waals surface area contributed by atoms with E-state index in [0.29, 0.717) is 25.5 Å². The highest BCUT2D eigenvalue weighted by molar-refractivity contribution is 8.02. The Hall–Kier alpha value is -1.31. The van der Waals surface area contributed by atoms with Crippen molar-refractivity contribution in [2.75, 3.05) is 33.2 Å². The second kappa shape index (κ2) is 13.7. The average molecular weight is 315 g/mol. The summed E-state index contributed by atoms with van der Waals surface area (Å²) in [6.45, 7) is 4.53. The second-order valence-electron chi connectivity index (χ2n) is 3.90. The molecule has 0 bridgehead atoms. The highest BCUT2D eigenvalue weighted by Crippen LogP contribution is 2.18. The lowest BCUT2D eigenvalue weighted by atomic mass is 10.3. The molecular weight excluding hydrogens is 290 g/mol. The van der Waals surface area contributed by atoms with Gasteiger partial charge in [0.25, 0.3) is 0 Å². The van der Waals surface area contributed by atoms with Crippen LogP contribution in [0, 0.1) is 0 Å². The Morgan fingerprint density at radius 3 is 2.76 bits per heavy atom. The van der Waals surface area contributed by atoms with E-state index in [9.17, 15) is 4.79 Å². The van der Waals surface area contributed by atoms with Gasteiger partial charge in [0.15, 0.2) is 0 Å². The van der Waals surface area contributed by atoms with Crippen molar-refractivity contribution in [1.29, 1.82) is 0 Å². The quantitative estimate of drug-likeness (QED) is 0.187. The lowest BCUT2D eigenvalue weighted by molar-refractivity contribution is -0.141. The summed E-state index contributed by atoms with van der Waals surface area (Å²) in [6.07, 6.45) is 5.79. The van der Waals surface area contributed by atoms with Gasteiger partial charge in [-0.15, -0.1) is 0 Å². The maximum absolute atomic E-state index is 10.8. The van der Waals surface area contributed by atoms with Gasteiger partial charge in [-0.1, -0.05) is 23.9 Å². The lowest BCUT2D eigenvalue weighted by Crippen LogP contribution is -2.08. The molecule has 0 amide bonds. The molecule has 0 saturated heterocycles. The summed E-state index contributed by atoms with van der Waals surface area (Å²) < 4.78 is 9.83. The van der Waals surface area contributed by atoms with Crippen LogP contribution in [0.15, 0.2) is 27.9 Å². The van der Waals surface area contributed by atoms with E-state index in [1.165, 1.54) is 18.9 Å². The minimum Gasteiger partial charge on any atom is -0.469 e. The van der Waals surface area contributed by atoms with Gasteiger partial charge in [-0.3, -0.25) is 9.79 Å². The Morgan fingerprint density at radius 2 is 2.19 bits per heavy atom. The minimum atomic E-state index is -0.255. The number of hydrogen-bond acceptors (Lipinski definition) is 7. The number of aliphatic imine (C=N–C) groups is 1. The van der Waals surface area contributed by atoms with Crippen LogP contribution >= 0.6 is 11.8 Å². The summed E-state index contributed by atoms with van der Waals surface area (Å²) in [4.78, 5) is 14.9. The fraction of sp³-hybridized carbons (Fsp3) is 0.571. The SMILES string of the molecule is C=N/C(C/C=C\CCOCCC(=O)OC)=C(/NC)SCN. The standard InChI is InChI=1S/C14H25N3O3S/c1-16-12(14(17-2)21-11-15)7-5-4-6-9-20-10-8-13(18)19-3/h4-5,17H,1,6-11,15H2,2-3H3/b5-4-,14-12-. The third-order valence-electron chi connectivity index (χ3n) is 2.49. The zero-order chi connectivity index (χ0) is 15.9. The smallest absolute Gasteiger partial charge is 0.307 e. The number of rotatable bonds is 12. The summed E-state index contributed by atoms with van der Waals surface area (Å²) in [6, 6.07) is 0. The van der Waals surface area contributed by atoms with Crippen molar-refractivity contribution >= 4 is 24.4 Å². The number of nitrogens with one attached hydrogen (secondary N) is 1. The molecule has 0 aromatic carbocycles. The van der Waals surface area contributed by atoms with Crippen LogP contribution in [-0.2, 0) is 14.3 Å². The van der Waals surface area contributed by atoms with Gasteiger partial charge in [-0.25, -0.2) is 0 Å². The van der Waals surface area contributed by atoms with E-state index in [2.05, 4.69) is 21.8 Å². The summed E-state index contributed by atoms with van der Waals surface area (Å²) in [7, 11) is 3.20. The van der Waals surface area contributed by atoms with Gasteiger partial charge in [0.2, 0.25) is 0 Å². The first-order chi connectivity index (χ1) is 10.2. The molecule has 0 fully saturated rings. The fourth-order valence-electron chi connectivity index (χ4n) is 1.44. The highest BCUT2D eigenvalue weighted by atomic mass is 32.2. The molecular formula is C14H25N3O3S. The molecule has 0 aliphatic heterocycles. The summed E-state index contributed by atoms with van der Waals surface area (Å²) in [5.74, 6) is 0.238. The first-order valence-corrected chi connectivity index (χ1v) is 7.68. The largest absolute Gasteiger partial charge is 0.469 e. The zero-order valence-corrected chi connectivity index (χ0v) is 13.6. The van der Waals surface area contributed by atoms with E-state index < -0.39 is 0 Å². The molecule has 6 nitrogen and oxygen atoms in total. The van der Waals surface area contributed by atoms with Crippen molar-refractivity contribution in [3.05, 3.63) is 22.9 Å². The monoisotopic (exact) mass is 315 g/mol. The molecule has 7 heteroatoms. The number of nitrogens with zero attached hydrogens (tertiary/aromatic N) is 1. The number of carbonyl (C=O) groups excluding carboxylic acids is 1. The van der Waals surface area contributed by atoms with Gasteiger partial charge >= 0.3 is 5.97 Å². The van der Waals surface area contributed by atoms with E-state index in [-0.39, 0.29) is 12.4 Å². The Balaban J connectivity index is 3.93. The van der Waals surface area contributed by atoms with Gasteiger partial charge in [0.1, 0.15) is 0 Å². The van der Waals surface area contributed by atoms with Crippen LogP contribution < -0.4 is 11.1 Å². The third kappa shape index (κ3) is 10.1. The summed E-state index contributed by atoms with van der Waals surface area (Å²) in [5, 5.41) is 4.00. The molecule has 0 aliphatic carbocycles. The van der Waals surface area contributed by atoms with Gasteiger partial charge < -0.3 is 20.5 Å². The van der Waals surface area contributed by atoms with Gasteiger partial charge in [0, 0.05) is 19.3 Å². The predicted octanol–water partition coefficient (Wildman–Crippen LogP) is 1.64. The summed E-state index contributed by atoms with van der Waals surface area (Å²) in [5.41, 5.74) is 6.38. The molecule has 0 heterocycles. The Kier molecular flexibility index (Phi) is 12.8. The summed E-state index contributed by atoms with van der Waals surface area (Å²) >= 11 is 1.50. The van der Waals surface area contributed by atoms with Gasteiger partial charge in [-0.05, 0) is 13.1 Å². The second-order valence-corrected chi connectivity index (χ2v) is 4.93. The van der Waals surface area contributed by atoms with Crippen LogP contribution in [0.2, 0.25) is 0 Å². The van der Waals surface area contributed by atoms with Crippen LogP contribution in [0.5, 0.6) is 0 Å². The molecule has 0 radical (unpaired) electrons. The Labute approximate surface area is 130 Å². The number of esters is 1. The molecule has 0 unspecified atom stereocenters. The van der Waals surface area contributed by atoms with Crippen LogP contribution in [0.3, 0.4) is 0 Å². The zero-order valence-electron chi connectivity index (χ0n) is 12.8.